The van der Waals surface area contributed by atoms with E-state index in [0.29, 0.717) is 18.1 Å². The van der Waals surface area contributed by atoms with Gasteiger partial charge in [-0.15, -0.1) is 0 Å². The summed E-state index contributed by atoms with van der Waals surface area (Å²) >= 11 is 5.93. The van der Waals surface area contributed by atoms with Crippen LogP contribution < -0.4 is 0 Å². The Morgan fingerprint density at radius 2 is 1.69 bits per heavy atom. The fraction of sp³-hybridized carbons (Fsp3) is 0.368. The zero-order valence-electron chi connectivity index (χ0n) is 14.2. The van der Waals surface area contributed by atoms with Gasteiger partial charge in [0.25, 0.3) is 0 Å². The summed E-state index contributed by atoms with van der Waals surface area (Å²) in [5, 5.41) is 0.639. The van der Waals surface area contributed by atoms with Crippen LogP contribution in [0.5, 0.6) is 0 Å². The summed E-state index contributed by atoms with van der Waals surface area (Å²) in [6.07, 6.45) is 2.58. The molecular formula is C19H20ClF2NO2S. The van der Waals surface area contributed by atoms with Gasteiger partial charge in [0.05, 0.1) is 5.75 Å². The van der Waals surface area contributed by atoms with Gasteiger partial charge in [0, 0.05) is 24.2 Å². The third kappa shape index (κ3) is 4.81. The Bertz CT molecular complexity index is 851. The first-order chi connectivity index (χ1) is 12.3. The van der Waals surface area contributed by atoms with Gasteiger partial charge in [-0.2, -0.15) is 0 Å². The minimum absolute atomic E-state index is 0.0776. The first kappa shape index (κ1) is 19.3. The molecule has 140 valence electrons. The van der Waals surface area contributed by atoms with Crippen molar-refractivity contribution in [2.45, 2.75) is 30.9 Å². The van der Waals surface area contributed by atoms with Gasteiger partial charge in [-0.1, -0.05) is 30.2 Å². The molecule has 1 aliphatic rings. The normalized spacial score (nSPS) is 19.3. The van der Waals surface area contributed by atoms with Gasteiger partial charge in [-0.3, -0.25) is 0 Å². The molecule has 1 saturated heterocycles. The van der Waals surface area contributed by atoms with Gasteiger partial charge in [-0.05, 0) is 54.2 Å². The average molecular weight is 400 g/mol. The molecule has 0 aliphatic carbocycles. The average Bonchev–Trinajstić information content (AvgIpc) is 2.81. The van der Waals surface area contributed by atoms with Crippen molar-refractivity contribution in [2.24, 2.45) is 0 Å². The zero-order chi connectivity index (χ0) is 18.7. The third-order valence-corrected chi connectivity index (χ3v) is 6.71. The summed E-state index contributed by atoms with van der Waals surface area (Å²) in [6.45, 7) is 0.784. The molecule has 3 nitrogen and oxygen atoms in total. The molecule has 1 aliphatic heterocycles. The van der Waals surface area contributed by atoms with Crippen LogP contribution >= 0.6 is 11.6 Å². The zero-order valence-corrected chi connectivity index (χ0v) is 15.7. The highest BCUT2D eigenvalue weighted by Gasteiger charge is 2.28. The van der Waals surface area contributed by atoms with Crippen LogP contribution in [0.4, 0.5) is 8.78 Å². The van der Waals surface area contributed by atoms with Crippen LogP contribution in [-0.4, -0.2) is 25.8 Å². The lowest BCUT2D eigenvalue weighted by Crippen LogP contribution is -2.35. The predicted octanol–water partition coefficient (Wildman–Crippen LogP) is 4.72. The highest BCUT2D eigenvalue weighted by molar-refractivity contribution is 7.88. The molecule has 0 amide bonds. The minimum atomic E-state index is -3.67. The Kier molecular flexibility index (Phi) is 5.95. The molecule has 0 N–H and O–H groups in total. The van der Waals surface area contributed by atoms with Crippen molar-refractivity contribution in [3.05, 3.63) is 70.2 Å². The van der Waals surface area contributed by atoms with E-state index in [4.69, 9.17) is 11.6 Å². The fourth-order valence-electron chi connectivity index (χ4n) is 3.36. The molecule has 1 fully saturated rings. The van der Waals surface area contributed by atoms with Crippen molar-refractivity contribution in [1.29, 1.82) is 0 Å². The smallest absolute Gasteiger partial charge is 0.212 e. The monoisotopic (exact) mass is 399 g/mol. The van der Waals surface area contributed by atoms with E-state index in [-0.39, 0.29) is 11.5 Å². The van der Waals surface area contributed by atoms with E-state index in [0.717, 1.165) is 43.0 Å². The van der Waals surface area contributed by atoms with Crippen molar-refractivity contribution in [3.63, 3.8) is 0 Å². The van der Waals surface area contributed by atoms with Crippen LogP contribution in [0.25, 0.3) is 0 Å². The molecule has 7 heteroatoms. The SMILES string of the molecule is O=S(=O)(Cc1cc(F)cc(F)c1)N1CCCCC(c2ccc(Cl)cc2)C1. The maximum atomic E-state index is 13.4. The summed E-state index contributed by atoms with van der Waals surface area (Å²) in [5.41, 5.74) is 1.17. The molecule has 0 spiro atoms. The number of hydrogen-bond acceptors (Lipinski definition) is 2. The van der Waals surface area contributed by atoms with Gasteiger partial charge in [0.2, 0.25) is 10.0 Å². The molecule has 2 aromatic rings. The number of hydrogen-bond donors (Lipinski definition) is 0. The lowest BCUT2D eigenvalue weighted by molar-refractivity contribution is 0.405. The third-order valence-electron chi connectivity index (χ3n) is 4.64. The predicted molar refractivity (Wildman–Crippen MR) is 98.6 cm³/mol. The Morgan fingerprint density at radius 3 is 2.35 bits per heavy atom. The quantitative estimate of drug-likeness (QED) is 0.746. The minimum Gasteiger partial charge on any atom is -0.212 e. The fourth-order valence-corrected chi connectivity index (χ4v) is 5.07. The maximum Gasteiger partial charge on any atom is 0.218 e. The lowest BCUT2D eigenvalue weighted by atomic mass is 9.95. The van der Waals surface area contributed by atoms with E-state index < -0.39 is 27.4 Å². The van der Waals surface area contributed by atoms with Gasteiger partial charge in [-0.25, -0.2) is 21.5 Å². The van der Waals surface area contributed by atoms with E-state index in [9.17, 15) is 17.2 Å². The van der Waals surface area contributed by atoms with Crippen molar-refractivity contribution >= 4 is 21.6 Å². The van der Waals surface area contributed by atoms with Gasteiger partial charge in [0.15, 0.2) is 0 Å². The first-order valence-corrected chi connectivity index (χ1v) is 10.5. The van der Waals surface area contributed by atoms with Crippen LogP contribution in [0.2, 0.25) is 5.02 Å². The van der Waals surface area contributed by atoms with E-state index in [1.54, 1.807) is 12.1 Å². The first-order valence-electron chi connectivity index (χ1n) is 8.52. The van der Waals surface area contributed by atoms with Gasteiger partial charge in [0.1, 0.15) is 11.6 Å². The molecule has 0 aromatic heterocycles. The van der Waals surface area contributed by atoms with Crippen molar-refractivity contribution < 1.29 is 17.2 Å². The summed E-state index contributed by atoms with van der Waals surface area (Å²) in [4.78, 5) is 0. The second kappa shape index (κ2) is 8.03. The van der Waals surface area contributed by atoms with E-state index in [1.807, 2.05) is 12.1 Å². The molecule has 0 bridgehead atoms. The second-order valence-corrected chi connectivity index (χ2v) is 9.04. The van der Waals surface area contributed by atoms with Crippen LogP contribution in [0.15, 0.2) is 42.5 Å². The second-order valence-electron chi connectivity index (χ2n) is 6.64. The molecule has 0 saturated carbocycles. The summed E-state index contributed by atoms with van der Waals surface area (Å²) in [6, 6.07) is 10.3. The molecule has 26 heavy (non-hydrogen) atoms. The van der Waals surface area contributed by atoms with Crippen LogP contribution in [-0.2, 0) is 15.8 Å². The Morgan fingerprint density at radius 1 is 1.04 bits per heavy atom. The van der Waals surface area contributed by atoms with Crippen LogP contribution in [0, 0.1) is 11.6 Å². The molecular weight excluding hydrogens is 380 g/mol. The molecule has 0 radical (unpaired) electrons. The van der Waals surface area contributed by atoms with E-state index in [1.165, 1.54) is 4.31 Å². The number of halogens is 3. The summed E-state index contributed by atoms with van der Waals surface area (Å²) < 4.78 is 53.8. The molecule has 1 unspecified atom stereocenters. The topological polar surface area (TPSA) is 37.4 Å². The van der Waals surface area contributed by atoms with Gasteiger partial charge < -0.3 is 0 Å². The Labute approximate surface area is 157 Å². The molecule has 2 aromatic carbocycles. The van der Waals surface area contributed by atoms with Crippen LogP contribution in [0.3, 0.4) is 0 Å². The van der Waals surface area contributed by atoms with E-state index in [2.05, 4.69) is 0 Å². The Hall–Kier alpha value is -1.50. The summed E-state index contributed by atoms with van der Waals surface area (Å²) in [5.74, 6) is -1.88. The maximum absolute atomic E-state index is 13.4. The van der Waals surface area contributed by atoms with Crippen molar-refractivity contribution in [3.8, 4) is 0 Å². The van der Waals surface area contributed by atoms with E-state index >= 15 is 0 Å². The van der Waals surface area contributed by atoms with Crippen molar-refractivity contribution in [2.75, 3.05) is 13.1 Å². The summed E-state index contributed by atoms with van der Waals surface area (Å²) in [7, 11) is -3.67. The number of nitrogens with zero attached hydrogens (tertiary/aromatic N) is 1. The highest BCUT2D eigenvalue weighted by atomic mass is 35.5. The van der Waals surface area contributed by atoms with Crippen molar-refractivity contribution in [1.82, 2.24) is 4.31 Å². The number of sulfonamides is 1. The molecule has 1 heterocycles. The highest BCUT2D eigenvalue weighted by Crippen LogP contribution is 2.29. The standard InChI is InChI=1S/C19H20ClF2NO2S/c20-17-6-4-15(5-7-17)16-3-1-2-8-23(12-16)26(24,25)13-14-9-18(21)11-19(22)10-14/h4-7,9-11,16H,1-3,8,12-13H2. The molecule has 1 atom stereocenters. The number of benzene rings is 2. The Balaban J connectivity index is 1.80. The van der Waals surface area contributed by atoms with Gasteiger partial charge >= 0.3 is 0 Å². The van der Waals surface area contributed by atoms with Crippen LogP contribution in [0.1, 0.15) is 36.3 Å². The molecule has 3 rings (SSSR count). The largest absolute Gasteiger partial charge is 0.218 e. The number of rotatable bonds is 4. The lowest BCUT2D eigenvalue weighted by Gasteiger charge is -2.24.